The Morgan fingerprint density at radius 2 is 2.25 bits per heavy atom. The number of nitro groups is 1. The highest BCUT2D eigenvalue weighted by atomic mass is 35.5. The Balaban J connectivity index is 2.55. The average Bonchev–Trinajstić information content (AvgIpc) is 2.71. The first-order valence-electron chi connectivity index (χ1n) is 4.01. The molecule has 0 aromatic carbocycles. The van der Waals surface area contributed by atoms with Crippen LogP contribution >= 0.6 is 11.6 Å². The van der Waals surface area contributed by atoms with Crippen LogP contribution in [0.3, 0.4) is 0 Å². The highest BCUT2D eigenvalue weighted by Gasteiger charge is 2.14. The molecule has 0 atom stereocenters. The van der Waals surface area contributed by atoms with Crippen LogP contribution in [0.4, 0.5) is 5.82 Å². The predicted molar refractivity (Wildman–Crippen MR) is 53.6 cm³/mol. The number of hydrogen-bond donors (Lipinski definition) is 1. The summed E-state index contributed by atoms with van der Waals surface area (Å²) < 4.78 is 1.20. The minimum atomic E-state index is -0.655. The fourth-order valence-corrected chi connectivity index (χ4v) is 1.28. The van der Waals surface area contributed by atoms with E-state index in [9.17, 15) is 14.9 Å². The highest BCUT2D eigenvalue weighted by molar-refractivity contribution is 6.31. The molecule has 0 spiro atoms. The molecule has 8 nitrogen and oxygen atoms in total. The largest absolute Gasteiger partial charge is 0.381 e. The molecule has 9 heteroatoms. The summed E-state index contributed by atoms with van der Waals surface area (Å²) in [7, 11) is 0. The first-order valence-corrected chi connectivity index (χ1v) is 4.39. The molecule has 2 rings (SSSR count). The standard InChI is InChI=1S/C7H4ClN5O3/c8-5-6(9-2-10-7(5)14)12-1-4(11-3-12)13(15)16/h1-3H,(H,9,10,14). The molecule has 0 aliphatic carbocycles. The second-order valence-corrected chi connectivity index (χ2v) is 3.14. The van der Waals surface area contributed by atoms with Crippen molar-refractivity contribution in [1.29, 1.82) is 0 Å². The Bertz CT molecular complexity index is 604. The summed E-state index contributed by atoms with van der Waals surface area (Å²) in [5, 5.41) is 10.2. The molecular weight excluding hydrogens is 238 g/mol. The molecule has 0 fully saturated rings. The third-order valence-electron chi connectivity index (χ3n) is 1.78. The summed E-state index contributed by atoms with van der Waals surface area (Å²) in [5.74, 6) is -0.260. The van der Waals surface area contributed by atoms with E-state index in [0.717, 1.165) is 18.9 Å². The van der Waals surface area contributed by atoms with Crippen molar-refractivity contribution in [3.63, 3.8) is 0 Å². The van der Waals surface area contributed by atoms with Crippen LogP contribution in [0, 0.1) is 10.1 Å². The summed E-state index contributed by atoms with van der Waals surface area (Å²) in [4.78, 5) is 30.5. The predicted octanol–water partition coefficient (Wildman–Crippen LogP) is 0.517. The van der Waals surface area contributed by atoms with Crippen LogP contribution in [0.15, 0.2) is 23.6 Å². The second kappa shape index (κ2) is 3.74. The molecule has 0 bridgehead atoms. The van der Waals surface area contributed by atoms with Crippen molar-refractivity contribution in [2.75, 3.05) is 0 Å². The second-order valence-electron chi connectivity index (χ2n) is 2.77. The van der Waals surface area contributed by atoms with Gasteiger partial charge in [-0.15, -0.1) is 0 Å². The van der Waals surface area contributed by atoms with E-state index < -0.39 is 10.5 Å². The Labute approximate surface area is 92.7 Å². The van der Waals surface area contributed by atoms with Gasteiger partial charge < -0.3 is 15.1 Å². The van der Waals surface area contributed by atoms with Crippen molar-refractivity contribution < 1.29 is 4.92 Å². The fraction of sp³-hybridized carbons (Fsp3) is 0. The van der Waals surface area contributed by atoms with Crippen LogP contribution in [0.1, 0.15) is 0 Å². The fourth-order valence-electron chi connectivity index (χ4n) is 1.08. The minimum Gasteiger partial charge on any atom is -0.358 e. The van der Waals surface area contributed by atoms with Gasteiger partial charge >= 0.3 is 5.82 Å². The Morgan fingerprint density at radius 1 is 1.50 bits per heavy atom. The molecule has 0 unspecified atom stereocenters. The minimum absolute atomic E-state index is 0.0889. The van der Waals surface area contributed by atoms with E-state index in [-0.39, 0.29) is 16.7 Å². The number of rotatable bonds is 2. The topological polar surface area (TPSA) is 107 Å². The van der Waals surface area contributed by atoms with Crippen LogP contribution in [-0.4, -0.2) is 24.4 Å². The maximum absolute atomic E-state index is 11.2. The zero-order valence-corrected chi connectivity index (χ0v) is 8.38. The number of imidazole rings is 1. The third-order valence-corrected chi connectivity index (χ3v) is 2.12. The van der Waals surface area contributed by atoms with Crippen LogP contribution < -0.4 is 5.56 Å². The molecule has 2 aromatic rings. The third kappa shape index (κ3) is 1.65. The van der Waals surface area contributed by atoms with Crippen molar-refractivity contribution in [2.45, 2.75) is 0 Å². The first-order chi connectivity index (χ1) is 7.59. The molecule has 1 N–H and O–H groups in total. The van der Waals surface area contributed by atoms with Crippen LogP contribution in [0.2, 0.25) is 5.02 Å². The molecule has 0 saturated carbocycles. The lowest BCUT2D eigenvalue weighted by Crippen LogP contribution is -2.10. The Hall–Kier alpha value is -2.22. The van der Waals surface area contributed by atoms with Gasteiger partial charge in [0.05, 0.1) is 6.33 Å². The van der Waals surface area contributed by atoms with Crippen molar-refractivity contribution in [3.8, 4) is 5.82 Å². The molecular formula is C7H4ClN5O3. The van der Waals surface area contributed by atoms with Crippen molar-refractivity contribution in [2.24, 2.45) is 0 Å². The van der Waals surface area contributed by atoms with Gasteiger partial charge in [0.1, 0.15) is 11.2 Å². The van der Waals surface area contributed by atoms with Gasteiger partial charge in [0, 0.05) is 0 Å². The summed E-state index contributed by atoms with van der Waals surface area (Å²) in [5.41, 5.74) is -0.525. The van der Waals surface area contributed by atoms with Gasteiger partial charge in [-0.05, 0) is 9.91 Å². The number of aromatic amines is 1. The van der Waals surface area contributed by atoms with E-state index in [1.54, 1.807) is 0 Å². The van der Waals surface area contributed by atoms with E-state index in [4.69, 9.17) is 11.6 Å². The molecule has 0 radical (unpaired) electrons. The summed E-state index contributed by atoms with van der Waals surface area (Å²) in [6, 6.07) is 0. The Kier molecular flexibility index (Phi) is 2.41. The summed E-state index contributed by atoms with van der Waals surface area (Å²) >= 11 is 5.69. The van der Waals surface area contributed by atoms with Gasteiger partial charge in [0.2, 0.25) is 6.33 Å². The maximum atomic E-state index is 11.2. The first kappa shape index (κ1) is 10.3. The van der Waals surface area contributed by atoms with E-state index in [1.165, 1.54) is 4.57 Å². The van der Waals surface area contributed by atoms with Crippen molar-refractivity contribution >= 4 is 17.4 Å². The number of halogens is 1. The zero-order chi connectivity index (χ0) is 11.7. The molecule has 0 aliphatic heterocycles. The smallest absolute Gasteiger partial charge is 0.358 e. The van der Waals surface area contributed by atoms with Gasteiger partial charge in [0.25, 0.3) is 5.56 Å². The number of hydrogen-bond acceptors (Lipinski definition) is 5. The zero-order valence-electron chi connectivity index (χ0n) is 7.62. The van der Waals surface area contributed by atoms with Gasteiger partial charge in [0.15, 0.2) is 5.82 Å². The number of nitrogens with one attached hydrogen (secondary N) is 1. The lowest BCUT2D eigenvalue weighted by Gasteiger charge is -1.99. The average molecular weight is 242 g/mol. The summed E-state index contributed by atoms with van der Waals surface area (Å²) in [6.07, 6.45) is 3.43. The van der Waals surface area contributed by atoms with Gasteiger partial charge in [-0.1, -0.05) is 11.6 Å². The monoisotopic (exact) mass is 241 g/mol. The number of nitrogens with zero attached hydrogens (tertiary/aromatic N) is 4. The van der Waals surface area contributed by atoms with Gasteiger partial charge in [-0.2, -0.15) is 0 Å². The van der Waals surface area contributed by atoms with E-state index in [1.807, 2.05) is 0 Å². The van der Waals surface area contributed by atoms with E-state index >= 15 is 0 Å². The van der Waals surface area contributed by atoms with Gasteiger partial charge in [-0.25, -0.2) is 4.98 Å². The molecule has 0 aliphatic rings. The van der Waals surface area contributed by atoms with Crippen LogP contribution in [0.5, 0.6) is 0 Å². The Morgan fingerprint density at radius 3 is 2.88 bits per heavy atom. The lowest BCUT2D eigenvalue weighted by molar-refractivity contribution is -0.389. The highest BCUT2D eigenvalue weighted by Crippen LogP contribution is 2.15. The van der Waals surface area contributed by atoms with Crippen LogP contribution in [0.25, 0.3) is 5.82 Å². The quantitative estimate of drug-likeness (QED) is 0.609. The molecule has 2 heterocycles. The molecule has 82 valence electrons. The number of H-pyrrole nitrogens is 1. The van der Waals surface area contributed by atoms with Crippen molar-refractivity contribution in [3.05, 3.63) is 44.3 Å². The van der Waals surface area contributed by atoms with E-state index in [0.29, 0.717) is 0 Å². The number of aromatic nitrogens is 4. The van der Waals surface area contributed by atoms with Crippen molar-refractivity contribution in [1.82, 2.24) is 19.5 Å². The SMILES string of the molecule is O=c1[nH]cnc(-n2cnc([N+](=O)[O-])c2)c1Cl. The van der Waals surface area contributed by atoms with E-state index in [2.05, 4.69) is 15.0 Å². The normalized spacial score (nSPS) is 10.3. The van der Waals surface area contributed by atoms with Crippen LogP contribution in [-0.2, 0) is 0 Å². The molecule has 0 amide bonds. The molecule has 0 saturated heterocycles. The maximum Gasteiger partial charge on any atom is 0.381 e. The molecule has 16 heavy (non-hydrogen) atoms. The summed E-state index contributed by atoms with van der Waals surface area (Å²) in [6.45, 7) is 0. The van der Waals surface area contributed by atoms with Gasteiger partial charge in [-0.3, -0.25) is 9.36 Å². The lowest BCUT2D eigenvalue weighted by atomic mass is 10.5. The molecule has 2 aromatic heterocycles.